The van der Waals surface area contributed by atoms with Crippen molar-refractivity contribution >= 4 is 25.5 Å². The fraction of sp³-hybridized carbons (Fsp3) is 0.143. The Morgan fingerprint density at radius 1 is 0.700 bits per heavy atom. The van der Waals surface area contributed by atoms with E-state index in [9.17, 15) is 26.3 Å². The third-order valence-corrected chi connectivity index (χ3v) is 8.92. The van der Waals surface area contributed by atoms with Crippen LogP contribution in [0.2, 0.25) is 0 Å². The van der Waals surface area contributed by atoms with Crippen molar-refractivity contribution in [3.05, 3.63) is 125 Å². The lowest BCUT2D eigenvalue weighted by Gasteiger charge is -2.28. The first-order valence-electron chi connectivity index (χ1n) is 12.0. The van der Waals surface area contributed by atoms with Crippen LogP contribution in [0.4, 0.5) is 18.9 Å². The second kappa shape index (κ2) is 11.8. The zero-order valence-electron chi connectivity index (χ0n) is 20.8. The van der Waals surface area contributed by atoms with Gasteiger partial charge in [-0.1, -0.05) is 91.0 Å². The maximum Gasteiger partial charge on any atom is 0.244 e. The Hall–Kier alpha value is -3.71. The van der Waals surface area contributed by atoms with Crippen LogP contribution < -0.4 is 10.5 Å². The lowest BCUT2D eigenvalue weighted by molar-refractivity contribution is 0.154. The summed E-state index contributed by atoms with van der Waals surface area (Å²) in [6, 6.07) is 22.9. The Bertz CT molecular complexity index is 1710. The Morgan fingerprint density at radius 2 is 1.18 bits per heavy atom. The van der Waals surface area contributed by atoms with E-state index < -0.39 is 70.7 Å². The molecule has 0 unspecified atom stereocenters. The molecule has 0 saturated carbocycles. The molecule has 0 amide bonds. The molecule has 7 nitrogen and oxygen atoms in total. The van der Waals surface area contributed by atoms with Gasteiger partial charge in [0.05, 0.1) is 17.5 Å². The average Bonchev–Trinajstić information content (AvgIpc) is 2.93. The fourth-order valence-electron chi connectivity index (χ4n) is 4.29. The number of sulfone groups is 1. The molecule has 0 bridgehead atoms. The van der Waals surface area contributed by atoms with Crippen LogP contribution in [0.1, 0.15) is 28.8 Å². The minimum absolute atomic E-state index is 0.128. The van der Waals surface area contributed by atoms with E-state index in [4.69, 9.17) is 5.14 Å². The molecule has 40 heavy (non-hydrogen) atoms. The first-order valence-corrected chi connectivity index (χ1v) is 15.2. The zero-order valence-corrected chi connectivity index (χ0v) is 22.5. The minimum atomic E-state index is -5.19. The third-order valence-electron chi connectivity index (χ3n) is 6.25. The zero-order chi connectivity index (χ0) is 29.1. The van der Waals surface area contributed by atoms with Gasteiger partial charge in [-0.2, -0.15) is 0 Å². The maximum absolute atomic E-state index is 15.8. The predicted molar refractivity (Wildman–Crippen MR) is 144 cm³/mol. The van der Waals surface area contributed by atoms with Gasteiger partial charge in [0.25, 0.3) is 0 Å². The molecular weight excluding hydrogens is 565 g/mol. The van der Waals surface area contributed by atoms with Gasteiger partial charge in [-0.25, -0.2) is 35.1 Å². The van der Waals surface area contributed by atoms with Crippen molar-refractivity contribution in [3.8, 4) is 0 Å². The SMILES string of the molecule is NS(=O)(=O)c1c(F)c(F)c(S(=O)(=O)CCc2ccccc2)c(N[C@@H](c2ccccc2)[C@@H](O)c2ccccc2)c1F. The van der Waals surface area contributed by atoms with Crippen molar-refractivity contribution in [1.82, 2.24) is 0 Å². The van der Waals surface area contributed by atoms with Crippen LogP contribution in [0.25, 0.3) is 0 Å². The van der Waals surface area contributed by atoms with Gasteiger partial charge in [-0.3, -0.25) is 0 Å². The molecule has 0 aliphatic heterocycles. The molecule has 0 fully saturated rings. The topological polar surface area (TPSA) is 127 Å². The van der Waals surface area contributed by atoms with E-state index in [1.807, 2.05) is 0 Å². The molecule has 0 heterocycles. The number of anilines is 1. The molecule has 210 valence electrons. The van der Waals surface area contributed by atoms with Gasteiger partial charge >= 0.3 is 0 Å². The largest absolute Gasteiger partial charge is 0.386 e. The summed E-state index contributed by atoms with van der Waals surface area (Å²) in [7, 11) is -9.97. The summed E-state index contributed by atoms with van der Waals surface area (Å²) >= 11 is 0. The van der Waals surface area contributed by atoms with Gasteiger partial charge in [-0.15, -0.1) is 0 Å². The van der Waals surface area contributed by atoms with Gasteiger partial charge in [0.1, 0.15) is 11.0 Å². The molecule has 4 rings (SSSR count). The predicted octanol–water partition coefficient (Wildman–Crippen LogP) is 4.65. The summed E-state index contributed by atoms with van der Waals surface area (Å²) < 4.78 is 97.2. The van der Waals surface area contributed by atoms with Crippen molar-refractivity contribution in [3.63, 3.8) is 0 Å². The third kappa shape index (κ3) is 6.20. The molecule has 0 aliphatic carbocycles. The van der Waals surface area contributed by atoms with Gasteiger partial charge in [-0.05, 0) is 23.1 Å². The normalized spacial score (nSPS) is 13.5. The Kier molecular flexibility index (Phi) is 8.64. The number of aliphatic hydroxyl groups excluding tert-OH is 1. The van der Waals surface area contributed by atoms with Crippen molar-refractivity contribution in [2.45, 2.75) is 28.4 Å². The van der Waals surface area contributed by atoms with E-state index >= 15 is 8.78 Å². The monoisotopic (exact) mass is 590 g/mol. The number of primary sulfonamides is 1. The summed E-state index contributed by atoms with van der Waals surface area (Å²) in [5.41, 5.74) is 0.0318. The number of nitrogens with one attached hydrogen (secondary N) is 1. The highest BCUT2D eigenvalue weighted by molar-refractivity contribution is 7.91. The van der Waals surface area contributed by atoms with Gasteiger partial charge < -0.3 is 10.4 Å². The summed E-state index contributed by atoms with van der Waals surface area (Å²) in [6.45, 7) is 0. The summed E-state index contributed by atoms with van der Waals surface area (Å²) in [6.07, 6.45) is -1.59. The second-order valence-electron chi connectivity index (χ2n) is 8.96. The highest BCUT2D eigenvalue weighted by atomic mass is 32.2. The molecule has 0 aromatic heterocycles. The minimum Gasteiger partial charge on any atom is -0.386 e. The molecule has 0 radical (unpaired) electrons. The second-order valence-corrected chi connectivity index (χ2v) is 12.5. The van der Waals surface area contributed by atoms with Crippen LogP contribution in [-0.2, 0) is 26.3 Å². The average molecular weight is 591 g/mol. The number of aliphatic hydroxyl groups is 1. The number of halogens is 3. The number of benzene rings is 4. The number of nitrogens with two attached hydrogens (primary N) is 1. The van der Waals surface area contributed by atoms with Gasteiger partial charge in [0.2, 0.25) is 10.0 Å². The maximum atomic E-state index is 15.8. The van der Waals surface area contributed by atoms with E-state index in [2.05, 4.69) is 5.32 Å². The van der Waals surface area contributed by atoms with Crippen LogP contribution in [0.15, 0.2) is 101 Å². The van der Waals surface area contributed by atoms with Gasteiger partial charge in [0, 0.05) is 0 Å². The van der Waals surface area contributed by atoms with Crippen LogP contribution in [-0.4, -0.2) is 27.7 Å². The van der Waals surface area contributed by atoms with E-state index in [-0.39, 0.29) is 6.42 Å². The molecular formula is C28H25F3N2O5S2. The molecule has 0 spiro atoms. The molecule has 4 aromatic rings. The molecule has 0 aliphatic rings. The Labute approximate surface area is 230 Å². The van der Waals surface area contributed by atoms with E-state index in [0.29, 0.717) is 16.7 Å². The van der Waals surface area contributed by atoms with Crippen molar-refractivity contribution in [2.24, 2.45) is 5.14 Å². The smallest absolute Gasteiger partial charge is 0.244 e. The number of rotatable bonds is 10. The lowest BCUT2D eigenvalue weighted by atomic mass is 9.95. The van der Waals surface area contributed by atoms with Crippen molar-refractivity contribution in [2.75, 3.05) is 11.1 Å². The number of sulfonamides is 1. The quantitative estimate of drug-likeness (QED) is 0.231. The van der Waals surface area contributed by atoms with Crippen molar-refractivity contribution in [1.29, 1.82) is 0 Å². The first kappa shape index (κ1) is 29.3. The van der Waals surface area contributed by atoms with E-state index in [1.165, 1.54) is 12.1 Å². The van der Waals surface area contributed by atoms with E-state index in [0.717, 1.165) is 0 Å². The summed E-state index contributed by atoms with van der Waals surface area (Å²) in [5.74, 6) is -7.06. The van der Waals surface area contributed by atoms with Crippen LogP contribution in [0.3, 0.4) is 0 Å². The Morgan fingerprint density at radius 3 is 1.70 bits per heavy atom. The highest BCUT2D eigenvalue weighted by Crippen LogP contribution is 2.40. The molecule has 12 heteroatoms. The standard InChI is InChI=1S/C28H25F3N2O5S2/c29-21-22(30)28(39(35,36)17-16-18-10-4-1-5-11-18)25(23(31)27(21)40(32,37)38)33-24(19-12-6-2-7-13-19)26(34)20-14-8-3-9-15-20/h1-15,24,26,33-34H,16-17H2,(H2,32,37,38)/t24-,26-/m0/s1. The summed E-state index contributed by atoms with van der Waals surface area (Å²) in [4.78, 5) is -3.25. The fourth-order valence-corrected chi connectivity index (χ4v) is 6.51. The number of hydrogen-bond donors (Lipinski definition) is 3. The highest BCUT2D eigenvalue weighted by Gasteiger charge is 2.38. The van der Waals surface area contributed by atoms with E-state index in [1.54, 1.807) is 78.9 Å². The van der Waals surface area contributed by atoms with Gasteiger partial charge in [0.15, 0.2) is 32.2 Å². The number of aryl methyl sites for hydroxylation is 1. The molecule has 0 saturated heterocycles. The molecule has 4 aromatic carbocycles. The summed E-state index contributed by atoms with van der Waals surface area (Å²) in [5, 5.41) is 18.7. The first-order chi connectivity index (χ1) is 18.9. The molecule has 4 N–H and O–H groups in total. The lowest BCUT2D eigenvalue weighted by Crippen LogP contribution is -2.26. The molecule has 2 atom stereocenters. The van der Waals surface area contributed by atoms with Crippen molar-refractivity contribution < 1.29 is 35.1 Å². The van der Waals surface area contributed by atoms with Crippen LogP contribution >= 0.6 is 0 Å². The Balaban J connectivity index is 1.92. The van der Waals surface area contributed by atoms with Crippen LogP contribution in [0, 0.1) is 17.5 Å². The van der Waals surface area contributed by atoms with Crippen LogP contribution in [0.5, 0.6) is 0 Å². The number of hydrogen-bond acceptors (Lipinski definition) is 6.